The highest BCUT2D eigenvalue weighted by Crippen LogP contribution is 2.17. The van der Waals surface area contributed by atoms with E-state index in [9.17, 15) is 0 Å². The minimum atomic E-state index is -0.114. The molecule has 0 saturated heterocycles. The van der Waals surface area contributed by atoms with Crippen LogP contribution in [0, 0.1) is 25.7 Å². The molecule has 20 heavy (non-hydrogen) atoms. The summed E-state index contributed by atoms with van der Waals surface area (Å²) in [5.74, 6) is 6.39. The Balaban J connectivity index is 2.00. The number of aliphatic hydroxyl groups is 1. The molecular formula is C18H18O2. The third-order valence-electron chi connectivity index (χ3n) is 2.87. The van der Waals surface area contributed by atoms with Gasteiger partial charge in [-0.25, -0.2) is 0 Å². The molecule has 0 aliphatic heterocycles. The third-order valence-corrected chi connectivity index (χ3v) is 2.87. The summed E-state index contributed by atoms with van der Waals surface area (Å²) in [4.78, 5) is 0. The van der Waals surface area contributed by atoms with Crippen molar-refractivity contribution in [2.45, 2.75) is 20.5 Å². The molecule has 0 amide bonds. The van der Waals surface area contributed by atoms with Gasteiger partial charge in [0.25, 0.3) is 0 Å². The number of ether oxygens (including phenoxy) is 1. The molecule has 2 nitrogen and oxygen atoms in total. The summed E-state index contributed by atoms with van der Waals surface area (Å²) in [5.41, 5.74) is 4.40. The molecule has 2 heteroatoms. The Kier molecular flexibility index (Phi) is 4.81. The lowest BCUT2D eigenvalue weighted by molar-refractivity contribution is 0.306. The van der Waals surface area contributed by atoms with Crippen molar-refractivity contribution in [3.63, 3.8) is 0 Å². The minimum absolute atomic E-state index is 0.114. The van der Waals surface area contributed by atoms with E-state index in [2.05, 4.69) is 31.8 Å². The molecule has 0 atom stereocenters. The van der Waals surface area contributed by atoms with Crippen molar-refractivity contribution in [2.24, 2.45) is 0 Å². The third kappa shape index (κ3) is 4.15. The lowest BCUT2D eigenvalue weighted by Gasteiger charge is -2.08. The average Bonchev–Trinajstić information content (AvgIpc) is 2.43. The molecule has 102 valence electrons. The Morgan fingerprint density at radius 1 is 1.00 bits per heavy atom. The molecule has 2 aromatic carbocycles. The molecule has 2 rings (SSSR count). The zero-order chi connectivity index (χ0) is 14.4. The van der Waals surface area contributed by atoms with E-state index in [1.54, 1.807) is 0 Å². The lowest BCUT2D eigenvalue weighted by atomic mass is 10.1. The number of benzene rings is 2. The fourth-order valence-corrected chi connectivity index (χ4v) is 2.01. The standard InChI is InChI=1S/C18H18O2/c1-14-10-15(2)12-18(11-14)20-13-17-7-5-16(6-8-17)4-3-9-19/h5-8,10-12,19H,9,13H2,1-2H3. The van der Waals surface area contributed by atoms with Crippen molar-refractivity contribution in [2.75, 3.05) is 6.61 Å². The zero-order valence-corrected chi connectivity index (χ0v) is 11.8. The molecule has 0 radical (unpaired) electrons. The van der Waals surface area contributed by atoms with Crippen LogP contribution in [0.2, 0.25) is 0 Å². The fraction of sp³-hybridized carbons (Fsp3) is 0.222. The van der Waals surface area contributed by atoms with Gasteiger partial charge in [0.05, 0.1) is 0 Å². The second-order valence-electron chi connectivity index (χ2n) is 4.77. The van der Waals surface area contributed by atoms with Crippen molar-refractivity contribution < 1.29 is 9.84 Å². The molecule has 0 heterocycles. The van der Waals surface area contributed by atoms with Crippen molar-refractivity contribution >= 4 is 0 Å². The maximum atomic E-state index is 8.64. The molecule has 0 fully saturated rings. The monoisotopic (exact) mass is 266 g/mol. The van der Waals surface area contributed by atoms with Crippen LogP contribution >= 0.6 is 0 Å². The molecular weight excluding hydrogens is 248 g/mol. The van der Waals surface area contributed by atoms with Gasteiger partial charge in [0.2, 0.25) is 0 Å². The van der Waals surface area contributed by atoms with Gasteiger partial charge in [-0.15, -0.1) is 0 Å². The summed E-state index contributed by atoms with van der Waals surface area (Å²) in [6.07, 6.45) is 0. The average molecular weight is 266 g/mol. The van der Waals surface area contributed by atoms with Gasteiger partial charge in [-0.05, 0) is 54.8 Å². The van der Waals surface area contributed by atoms with Crippen molar-refractivity contribution in [1.82, 2.24) is 0 Å². The van der Waals surface area contributed by atoms with Crippen molar-refractivity contribution in [3.8, 4) is 17.6 Å². The number of aliphatic hydroxyl groups excluding tert-OH is 1. The van der Waals surface area contributed by atoms with Crippen LogP contribution in [0.1, 0.15) is 22.3 Å². The minimum Gasteiger partial charge on any atom is -0.489 e. The second-order valence-corrected chi connectivity index (χ2v) is 4.77. The first kappa shape index (κ1) is 14.2. The van der Waals surface area contributed by atoms with E-state index in [1.165, 1.54) is 11.1 Å². The Bertz CT molecular complexity index is 610. The quantitative estimate of drug-likeness (QED) is 0.864. The van der Waals surface area contributed by atoms with Gasteiger partial charge in [-0.1, -0.05) is 30.0 Å². The van der Waals surface area contributed by atoms with Crippen LogP contribution in [-0.4, -0.2) is 11.7 Å². The van der Waals surface area contributed by atoms with Gasteiger partial charge in [0.15, 0.2) is 0 Å². The first-order valence-electron chi connectivity index (χ1n) is 6.57. The van der Waals surface area contributed by atoms with Crippen molar-refractivity contribution in [1.29, 1.82) is 0 Å². The van der Waals surface area contributed by atoms with E-state index in [4.69, 9.17) is 9.84 Å². The van der Waals surface area contributed by atoms with Gasteiger partial charge in [0.1, 0.15) is 19.0 Å². The molecule has 0 bridgehead atoms. The summed E-state index contributed by atoms with van der Waals surface area (Å²) < 4.78 is 5.80. The maximum Gasteiger partial charge on any atom is 0.120 e. The summed E-state index contributed by atoms with van der Waals surface area (Å²) in [6.45, 7) is 4.55. The van der Waals surface area contributed by atoms with E-state index < -0.39 is 0 Å². The Morgan fingerprint density at radius 2 is 1.65 bits per heavy atom. The van der Waals surface area contributed by atoms with Gasteiger partial charge in [-0.2, -0.15) is 0 Å². The van der Waals surface area contributed by atoms with Gasteiger partial charge in [-0.3, -0.25) is 0 Å². The number of aryl methyl sites for hydroxylation is 2. The summed E-state index contributed by atoms with van der Waals surface area (Å²) in [5, 5.41) is 8.64. The highest BCUT2D eigenvalue weighted by Gasteiger charge is 1.98. The molecule has 0 unspecified atom stereocenters. The highest BCUT2D eigenvalue weighted by atomic mass is 16.5. The van der Waals surface area contributed by atoms with Gasteiger partial charge in [0, 0.05) is 5.56 Å². The largest absolute Gasteiger partial charge is 0.489 e. The smallest absolute Gasteiger partial charge is 0.120 e. The SMILES string of the molecule is Cc1cc(C)cc(OCc2ccc(C#CCO)cc2)c1. The van der Waals surface area contributed by atoms with Crippen LogP contribution < -0.4 is 4.74 Å². The van der Waals surface area contributed by atoms with Crippen LogP contribution in [0.15, 0.2) is 42.5 Å². The lowest BCUT2D eigenvalue weighted by Crippen LogP contribution is -1.96. The van der Waals surface area contributed by atoms with Crippen LogP contribution in [0.3, 0.4) is 0 Å². The predicted molar refractivity (Wildman–Crippen MR) is 80.7 cm³/mol. The van der Waals surface area contributed by atoms with Crippen LogP contribution in [-0.2, 0) is 6.61 Å². The van der Waals surface area contributed by atoms with Gasteiger partial charge < -0.3 is 9.84 Å². The highest BCUT2D eigenvalue weighted by molar-refractivity contribution is 5.37. The molecule has 0 saturated carbocycles. The van der Waals surface area contributed by atoms with Gasteiger partial charge >= 0.3 is 0 Å². The van der Waals surface area contributed by atoms with E-state index in [0.29, 0.717) is 6.61 Å². The van der Waals surface area contributed by atoms with Crippen LogP contribution in [0.4, 0.5) is 0 Å². The fourth-order valence-electron chi connectivity index (χ4n) is 2.01. The Labute approximate surface area is 120 Å². The first-order chi connectivity index (χ1) is 9.67. The number of hydrogen-bond acceptors (Lipinski definition) is 2. The predicted octanol–water partition coefficient (Wildman–Crippen LogP) is 3.23. The van der Waals surface area contributed by atoms with E-state index in [1.807, 2.05) is 36.4 Å². The summed E-state index contributed by atoms with van der Waals surface area (Å²) in [6, 6.07) is 14.0. The molecule has 2 aromatic rings. The number of hydrogen-bond donors (Lipinski definition) is 1. The Hall–Kier alpha value is -2.24. The van der Waals surface area contributed by atoms with Crippen molar-refractivity contribution in [3.05, 3.63) is 64.7 Å². The summed E-state index contributed by atoms with van der Waals surface area (Å²) >= 11 is 0. The van der Waals surface area contributed by atoms with E-state index >= 15 is 0 Å². The second kappa shape index (κ2) is 6.79. The van der Waals surface area contributed by atoms with Crippen LogP contribution in [0.5, 0.6) is 5.75 Å². The topological polar surface area (TPSA) is 29.5 Å². The molecule has 0 aliphatic rings. The first-order valence-corrected chi connectivity index (χ1v) is 6.57. The summed E-state index contributed by atoms with van der Waals surface area (Å²) in [7, 11) is 0. The maximum absolute atomic E-state index is 8.64. The molecule has 0 aromatic heterocycles. The number of rotatable bonds is 3. The molecule has 0 spiro atoms. The van der Waals surface area contributed by atoms with Crippen LogP contribution in [0.25, 0.3) is 0 Å². The normalized spacial score (nSPS) is 9.75. The van der Waals surface area contributed by atoms with E-state index in [-0.39, 0.29) is 6.61 Å². The molecule has 0 aliphatic carbocycles. The zero-order valence-electron chi connectivity index (χ0n) is 11.8. The molecule has 1 N–H and O–H groups in total. The Morgan fingerprint density at radius 3 is 2.25 bits per heavy atom. The van der Waals surface area contributed by atoms with E-state index in [0.717, 1.165) is 16.9 Å².